The van der Waals surface area contributed by atoms with Crippen molar-refractivity contribution in [3.63, 3.8) is 0 Å². The molecule has 0 fully saturated rings. The fourth-order valence-corrected chi connectivity index (χ4v) is 3.90. The molecule has 0 unspecified atom stereocenters. The van der Waals surface area contributed by atoms with Gasteiger partial charge in [0, 0.05) is 32.9 Å². The maximum atomic E-state index is 12.8. The molecule has 7 heteroatoms. The predicted octanol–water partition coefficient (Wildman–Crippen LogP) is 1.84. The van der Waals surface area contributed by atoms with Crippen LogP contribution in [0.5, 0.6) is 0 Å². The van der Waals surface area contributed by atoms with Gasteiger partial charge in [-0.25, -0.2) is 4.79 Å². The Bertz CT molecular complexity index is 1130. The molecule has 136 valence electrons. The largest absolute Gasteiger partial charge is 0.332 e. The lowest BCUT2D eigenvalue weighted by Crippen LogP contribution is -2.38. The molecule has 0 amide bonds. The summed E-state index contributed by atoms with van der Waals surface area (Å²) < 4.78 is 4.56. The SMILES string of the molecule is Cc1cc(C)cc(N2C[C@@H](C)Cn3c2nc2c3c(=O)n(C)c(=O)n2C)c1. The van der Waals surface area contributed by atoms with Gasteiger partial charge in [0.2, 0.25) is 5.95 Å². The van der Waals surface area contributed by atoms with Crippen LogP contribution in [0.25, 0.3) is 11.2 Å². The van der Waals surface area contributed by atoms with E-state index in [9.17, 15) is 9.59 Å². The molecule has 0 aliphatic carbocycles. The van der Waals surface area contributed by atoms with Crippen LogP contribution >= 0.6 is 0 Å². The zero-order valence-electron chi connectivity index (χ0n) is 15.8. The Morgan fingerprint density at radius 3 is 2.31 bits per heavy atom. The molecule has 1 aromatic carbocycles. The molecule has 1 aliphatic rings. The fourth-order valence-electron chi connectivity index (χ4n) is 3.90. The molecule has 1 atom stereocenters. The summed E-state index contributed by atoms with van der Waals surface area (Å²) in [7, 11) is 3.17. The van der Waals surface area contributed by atoms with Crippen LogP contribution in [0.3, 0.4) is 0 Å². The van der Waals surface area contributed by atoms with Gasteiger partial charge >= 0.3 is 5.69 Å². The van der Waals surface area contributed by atoms with Crippen molar-refractivity contribution in [3.05, 3.63) is 50.2 Å². The van der Waals surface area contributed by atoms with Crippen molar-refractivity contribution >= 4 is 22.8 Å². The van der Waals surface area contributed by atoms with E-state index in [4.69, 9.17) is 4.98 Å². The first-order chi connectivity index (χ1) is 12.3. The molecular weight excluding hydrogens is 330 g/mol. The summed E-state index contributed by atoms with van der Waals surface area (Å²) in [5.74, 6) is 1.07. The second-order valence-corrected chi connectivity index (χ2v) is 7.46. The molecule has 0 radical (unpaired) electrons. The van der Waals surface area contributed by atoms with Gasteiger partial charge in [-0.1, -0.05) is 13.0 Å². The zero-order chi connectivity index (χ0) is 18.7. The van der Waals surface area contributed by atoms with Gasteiger partial charge in [-0.2, -0.15) is 4.98 Å². The maximum absolute atomic E-state index is 12.8. The number of fused-ring (bicyclic) bond motifs is 3. The number of nitrogens with zero attached hydrogens (tertiary/aromatic N) is 5. The topological polar surface area (TPSA) is 65.1 Å². The lowest BCUT2D eigenvalue weighted by Gasteiger charge is -2.33. The first kappa shape index (κ1) is 16.6. The molecule has 3 aromatic rings. The van der Waals surface area contributed by atoms with Crippen LogP contribution in [0, 0.1) is 19.8 Å². The minimum absolute atomic E-state index is 0.295. The first-order valence-corrected chi connectivity index (χ1v) is 8.80. The summed E-state index contributed by atoms with van der Waals surface area (Å²) in [6, 6.07) is 6.40. The number of imidazole rings is 1. The normalized spacial score (nSPS) is 17.0. The smallest absolute Gasteiger partial charge is 0.312 e. The Morgan fingerprint density at radius 1 is 1.00 bits per heavy atom. The Kier molecular flexibility index (Phi) is 3.57. The van der Waals surface area contributed by atoms with E-state index in [1.165, 1.54) is 22.7 Å². The van der Waals surface area contributed by atoms with Crippen molar-refractivity contribution < 1.29 is 0 Å². The lowest BCUT2D eigenvalue weighted by atomic mass is 10.1. The van der Waals surface area contributed by atoms with Crippen molar-refractivity contribution in [2.75, 3.05) is 11.4 Å². The summed E-state index contributed by atoms with van der Waals surface area (Å²) in [6.07, 6.45) is 0. The second kappa shape index (κ2) is 5.59. The number of aromatic nitrogens is 4. The highest BCUT2D eigenvalue weighted by Crippen LogP contribution is 2.33. The van der Waals surface area contributed by atoms with Crippen LogP contribution < -0.4 is 16.1 Å². The minimum atomic E-state index is -0.357. The molecule has 0 N–H and O–H groups in total. The molecule has 2 aromatic heterocycles. The molecule has 3 heterocycles. The number of hydrogen-bond acceptors (Lipinski definition) is 4. The van der Waals surface area contributed by atoms with E-state index >= 15 is 0 Å². The van der Waals surface area contributed by atoms with E-state index in [1.807, 2.05) is 4.57 Å². The van der Waals surface area contributed by atoms with Crippen molar-refractivity contribution in [2.24, 2.45) is 20.0 Å². The molecular formula is C19H23N5O2. The van der Waals surface area contributed by atoms with E-state index in [1.54, 1.807) is 7.05 Å². The fraction of sp³-hybridized carbons (Fsp3) is 0.421. The second-order valence-electron chi connectivity index (χ2n) is 7.46. The van der Waals surface area contributed by atoms with Crippen molar-refractivity contribution in [3.8, 4) is 0 Å². The van der Waals surface area contributed by atoms with E-state index < -0.39 is 0 Å². The van der Waals surface area contributed by atoms with Crippen LogP contribution in [0.15, 0.2) is 27.8 Å². The standard InChI is InChI=1S/C19H23N5O2/c1-11-6-12(2)8-14(7-11)23-9-13(3)10-24-15-16(20-18(23)24)21(4)19(26)22(5)17(15)25/h6-8,13H,9-10H2,1-5H3/t13-/m1/s1. The highest BCUT2D eigenvalue weighted by molar-refractivity contribution is 5.77. The van der Waals surface area contributed by atoms with Crippen molar-refractivity contribution in [1.29, 1.82) is 0 Å². The van der Waals surface area contributed by atoms with Gasteiger partial charge in [0.1, 0.15) is 0 Å². The summed E-state index contributed by atoms with van der Waals surface area (Å²) in [4.78, 5) is 31.9. The molecule has 0 saturated heterocycles. The third kappa shape index (κ3) is 2.30. The van der Waals surface area contributed by atoms with Crippen molar-refractivity contribution in [2.45, 2.75) is 27.3 Å². The van der Waals surface area contributed by atoms with Crippen LogP contribution in [0.4, 0.5) is 11.6 Å². The van der Waals surface area contributed by atoms with E-state index in [0.717, 1.165) is 22.7 Å². The van der Waals surface area contributed by atoms with Gasteiger partial charge in [0.25, 0.3) is 5.56 Å². The van der Waals surface area contributed by atoms with Crippen molar-refractivity contribution in [1.82, 2.24) is 18.7 Å². The molecule has 1 aliphatic heterocycles. The monoisotopic (exact) mass is 353 g/mol. The maximum Gasteiger partial charge on any atom is 0.332 e. The molecule has 4 rings (SSSR count). The summed E-state index contributed by atoms with van der Waals surface area (Å²) in [5, 5.41) is 0. The number of hydrogen-bond donors (Lipinski definition) is 0. The number of benzene rings is 1. The lowest BCUT2D eigenvalue weighted by molar-refractivity contribution is 0.458. The Hall–Kier alpha value is -2.83. The average Bonchev–Trinajstić information content (AvgIpc) is 2.95. The third-order valence-electron chi connectivity index (χ3n) is 5.08. The molecule has 7 nitrogen and oxygen atoms in total. The summed E-state index contributed by atoms with van der Waals surface area (Å²) in [6.45, 7) is 7.84. The van der Waals surface area contributed by atoms with Gasteiger partial charge in [-0.15, -0.1) is 0 Å². The highest BCUT2D eigenvalue weighted by Gasteiger charge is 2.29. The Labute approximate surface area is 151 Å². The van der Waals surface area contributed by atoms with E-state index in [-0.39, 0.29) is 11.2 Å². The molecule has 0 saturated carbocycles. The van der Waals surface area contributed by atoms with Crippen LogP contribution in [-0.2, 0) is 20.6 Å². The van der Waals surface area contributed by atoms with E-state index in [2.05, 4.69) is 43.9 Å². The molecule has 26 heavy (non-hydrogen) atoms. The van der Waals surface area contributed by atoms with Crippen LogP contribution in [0.1, 0.15) is 18.1 Å². The van der Waals surface area contributed by atoms with E-state index in [0.29, 0.717) is 23.6 Å². The average molecular weight is 353 g/mol. The number of anilines is 2. The van der Waals surface area contributed by atoms with Crippen LogP contribution in [-0.4, -0.2) is 25.2 Å². The summed E-state index contributed by atoms with van der Waals surface area (Å²) >= 11 is 0. The number of aryl methyl sites for hydroxylation is 3. The van der Waals surface area contributed by atoms with Gasteiger partial charge in [-0.3, -0.25) is 13.9 Å². The van der Waals surface area contributed by atoms with Gasteiger partial charge in [-0.05, 0) is 43.0 Å². The number of rotatable bonds is 1. The minimum Gasteiger partial charge on any atom is -0.312 e. The molecule has 0 bridgehead atoms. The van der Waals surface area contributed by atoms with Gasteiger partial charge in [0.15, 0.2) is 11.2 Å². The quantitative estimate of drug-likeness (QED) is 0.670. The van der Waals surface area contributed by atoms with Gasteiger partial charge < -0.3 is 9.47 Å². The predicted molar refractivity (Wildman–Crippen MR) is 102 cm³/mol. The third-order valence-corrected chi connectivity index (χ3v) is 5.08. The molecule has 0 spiro atoms. The first-order valence-electron chi connectivity index (χ1n) is 8.80. The summed E-state index contributed by atoms with van der Waals surface area (Å²) in [5.41, 5.74) is 3.71. The zero-order valence-corrected chi connectivity index (χ0v) is 15.8. The van der Waals surface area contributed by atoms with Gasteiger partial charge in [0.05, 0.1) is 0 Å². The Balaban J connectivity index is 2.05. The highest BCUT2D eigenvalue weighted by atomic mass is 16.2. The van der Waals surface area contributed by atoms with Crippen LogP contribution in [0.2, 0.25) is 0 Å². The Morgan fingerprint density at radius 2 is 1.65 bits per heavy atom.